The third kappa shape index (κ3) is 3.63. The van der Waals surface area contributed by atoms with Gasteiger partial charge in [0.1, 0.15) is 5.82 Å². The molecule has 1 saturated heterocycles. The highest BCUT2D eigenvalue weighted by atomic mass is 16.2. The van der Waals surface area contributed by atoms with Crippen molar-refractivity contribution in [3.63, 3.8) is 0 Å². The zero-order chi connectivity index (χ0) is 23.7. The highest BCUT2D eigenvalue weighted by Gasteiger charge is 2.59. The number of aromatic nitrogens is 1. The van der Waals surface area contributed by atoms with E-state index in [4.69, 9.17) is 4.98 Å². The van der Waals surface area contributed by atoms with Gasteiger partial charge in [-0.25, -0.2) is 4.98 Å². The van der Waals surface area contributed by atoms with Gasteiger partial charge < -0.3 is 5.32 Å². The number of ketones is 2. The van der Waals surface area contributed by atoms with E-state index < -0.39 is 5.54 Å². The molecule has 2 heterocycles. The van der Waals surface area contributed by atoms with E-state index >= 15 is 0 Å². The summed E-state index contributed by atoms with van der Waals surface area (Å²) in [5.41, 5.74) is 2.66. The van der Waals surface area contributed by atoms with E-state index in [1.54, 1.807) is 12.1 Å². The van der Waals surface area contributed by atoms with Gasteiger partial charge in [0, 0.05) is 50.4 Å². The Bertz CT molecular complexity index is 1200. The van der Waals surface area contributed by atoms with E-state index in [0.717, 1.165) is 19.6 Å². The first-order valence-corrected chi connectivity index (χ1v) is 12.0. The molecule has 1 aliphatic carbocycles. The summed E-state index contributed by atoms with van der Waals surface area (Å²) >= 11 is 0. The van der Waals surface area contributed by atoms with Crippen molar-refractivity contribution in [2.24, 2.45) is 0 Å². The summed E-state index contributed by atoms with van der Waals surface area (Å²) in [4.78, 5) is 37.2. The Balaban J connectivity index is 1.49. The highest BCUT2D eigenvalue weighted by molar-refractivity contribution is 6.32. The maximum absolute atomic E-state index is 14.0. The lowest BCUT2D eigenvalue weighted by Crippen LogP contribution is -2.60. The van der Waals surface area contributed by atoms with Crippen molar-refractivity contribution in [1.29, 1.82) is 0 Å². The van der Waals surface area contributed by atoms with Crippen LogP contribution in [-0.4, -0.2) is 59.1 Å². The average molecular weight is 455 g/mol. The van der Waals surface area contributed by atoms with E-state index in [1.807, 2.05) is 37.3 Å². The van der Waals surface area contributed by atoms with Crippen LogP contribution >= 0.6 is 0 Å². The zero-order valence-corrected chi connectivity index (χ0v) is 19.8. The molecule has 6 nitrogen and oxygen atoms in total. The van der Waals surface area contributed by atoms with Gasteiger partial charge in [-0.05, 0) is 37.1 Å². The number of piperazine rings is 1. The molecule has 0 spiro atoms. The highest BCUT2D eigenvalue weighted by Crippen LogP contribution is 2.42. The molecule has 1 aliphatic heterocycles. The molecule has 174 valence electrons. The Morgan fingerprint density at radius 3 is 2.15 bits per heavy atom. The second kappa shape index (κ2) is 9.12. The van der Waals surface area contributed by atoms with Crippen molar-refractivity contribution >= 4 is 17.4 Å². The summed E-state index contributed by atoms with van der Waals surface area (Å²) in [6.45, 7) is 8.50. The van der Waals surface area contributed by atoms with Gasteiger partial charge in [0.2, 0.25) is 0 Å². The molecule has 2 aromatic carbocycles. The van der Waals surface area contributed by atoms with E-state index in [2.05, 4.69) is 46.3 Å². The maximum Gasteiger partial charge on any atom is 0.198 e. The Labute approximate surface area is 200 Å². The first kappa shape index (κ1) is 22.4. The van der Waals surface area contributed by atoms with E-state index in [9.17, 15) is 9.59 Å². The summed E-state index contributed by atoms with van der Waals surface area (Å²) in [5.74, 6) is 0.345. The molecule has 0 saturated carbocycles. The standard InChI is InChI=1S/C28H30N4O2/c1-3-29-25-14-8-13-24(30-25)28(26(33)22-11-6-7-12-23(22)27(28)34)32-17-15-31(16-18-32)19-21-10-5-4-9-20(21)2/h4-14H,3,15-19H2,1-2H3,(H,29,30). The van der Waals surface area contributed by atoms with Crippen molar-refractivity contribution in [2.45, 2.75) is 25.9 Å². The molecular formula is C28H30N4O2. The van der Waals surface area contributed by atoms with Crippen LogP contribution in [0.2, 0.25) is 0 Å². The number of hydrogen-bond donors (Lipinski definition) is 1. The van der Waals surface area contributed by atoms with Crippen molar-refractivity contribution in [3.8, 4) is 0 Å². The fourth-order valence-electron chi connectivity index (χ4n) is 5.24. The van der Waals surface area contributed by atoms with E-state index in [1.165, 1.54) is 11.1 Å². The van der Waals surface area contributed by atoms with Gasteiger partial charge in [-0.15, -0.1) is 0 Å². The molecule has 0 unspecified atom stereocenters. The van der Waals surface area contributed by atoms with Crippen LogP contribution in [0.1, 0.15) is 44.5 Å². The van der Waals surface area contributed by atoms with Crippen LogP contribution in [0, 0.1) is 6.92 Å². The first-order valence-electron chi connectivity index (χ1n) is 12.0. The minimum Gasteiger partial charge on any atom is -0.370 e. The lowest BCUT2D eigenvalue weighted by Gasteiger charge is -2.43. The number of pyridine rings is 1. The molecule has 3 aromatic rings. The summed E-state index contributed by atoms with van der Waals surface area (Å²) in [6, 6.07) is 21.2. The lowest BCUT2D eigenvalue weighted by molar-refractivity contribution is 0.0267. The summed E-state index contributed by atoms with van der Waals surface area (Å²) in [7, 11) is 0. The molecular weight excluding hydrogens is 424 g/mol. The molecule has 1 aromatic heterocycles. The fraction of sp³-hybridized carbons (Fsp3) is 0.321. The Morgan fingerprint density at radius 1 is 0.853 bits per heavy atom. The molecule has 1 N–H and O–H groups in total. The molecule has 0 bridgehead atoms. The number of hydrogen-bond acceptors (Lipinski definition) is 6. The first-order chi connectivity index (χ1) is 16.6. The normalized spacial score (nSPS) is 18.2. The third-order valence-electron chi connectivity index (χ3n) is 7.05. The second-order valence-corrected chi connectivity index (χ2v) is 9.04. The quantitative estimate of drug-likeness (QED) is 0.570. The van der Waals surface area contributed by atoms with Crippen molar-refractivity contribution in [2.75, 3.05) is 38.0 Å². The molecule has 0 radical (unpaired) electrons. The van der Waals surface area contributed by atoms with Crippen LogP contribution in [0.3, 0.4) is 0 Å². The van der Waals surface area contributed by atoms with Crippen LogP contribution < -0.4 is 5.32 Å². The predicted molar refractivity (Wildman–Crippen MR) is 133 cm³/mol. The average Bonchev–Trinajstić information content (AvgIpc) is 3.09. The zero-order valence-electron chi connectivity index (χ0n) is 19.8. The Kier molecular flexibility index (Phi) is 6.02. The molecule has 6 heteroatoms. The van der Waals surface area contributed by atoms with Crippen LogP contribution in [0.4, 0.5) is 5.82 Å². The lowest BCUT2D eigenvalue weighted by atomic mass is 9.85. The van der Waals surface area contributed by atoms with Crippen LogP contribution in [0.25, 0.3) is 0 Å². The van der Waals surface area contributed by atoms with Crippen LogP contribution in [0.15, 0.2) is 66.7 Å². The topological polar surface area (TPSA) is 65.5 Å². The number of fused-ring (bicyclic) bond motifs is 1. The van der Waals surface area contributed by atoms with Gasteiger partial charge in [-0.1, -0.05) is 54.6 Å². The monoisotopic (exact) mass is 454 g/mol. The predicted octanol–water partition coefficient (Wildman–Crippen LogP) is 3.91. The van der Waals surface area contributed by atoms with Crippen molar-refractivity contribution in [1.82, 2.24) is 14.8 Å². The third-order valence-corrected chi connectivity index (χ3v) is 7.05. The number of Topliss-reactive ketones (excluding diaryl/α,β-unsaturated/α-hetero) is 2. The molecule has 0 amide bonds. The van der Waals surface area contributed by atoms with Crippen molar-refractivity contribution < 1.29 is 9.59 Å². The van der Waals surface area contributed by atoms with E-state index in [0.29, 0.717) is 42.3 Å². The minimum absolute atomic E-state index is 0.165. The minimum atomic E-state index is -1.41. The van der Waals surface area contributed by atoms with Crippen LogP contribution in [0.5, 0.6) is 0 Å². The second-order valence-electron chi connectivity index (χ2n) is 9.04. The molecule has 2 aliphatic rings. The van der Waals surface area contributed by atoms with Gasteiger partial charge in [0.15, 0.2) is 17.1 Å². The number of rotatable bonds is 6. The smallest absolute Gasteiger partial charge is 0.198 e. The SMILES string of the molecule is CCNc1cccc(C2(N3CCN(Cc4ccccc4C)CC3)C(=O)c3ccccc3C2=O)n1. The molecule has 0 atom stereocenters. The fourth-order valence-corrected chi connectivity index (χ4v) is 5.24. The number of nitrogens with zero attached hydrogens (tertiary/aromatic N) is 3. The van der Waals surface area contributed by atoms with Crippen molar-refractivity contribution in [3.05, 3.63) is 94.7 Å². The number of nitrogens with one attached hydrogen (secondary N) is 1. The van der Waals surface area contributed by atoms with E-state index in [-0.39, 0.29) is 11.6 Å². The van der Waals surface area contributed by atoms with Gasteiger partial charge in [0.05, 0.1) is 5.69 Å². The molecule has 34 heavy (non-hydrogen) atoms. The number of benzene rings is 2. The summed E-state index contributed by atoms with van der Waals surface area (Å²) < 4.78 is 0. The van der Waals surface area contributed by atoms with Gasteiger partial charge in [-0.2, -0.15) is 0 Å². The summed E-state index contributed by atoms with van der Waals surface area (Å²) in [5, 5.41) is 3.22. The van der Waals surface area contributed by atoms with Gasteiger partial charge in [0.25, 0.3) is 0 Å². The number of anilines is 1. The number of carbonyl (C=O) groups excluding carboxylic acids is 2. The number of aryl methyl sites for hydroxylation is 1. The van der Waals surface area contributed by atoms with Gasteiger partial charge in [-0.3, -0.25) is 19.4 Å². The Hall–Kier alpha value is -3.35. The largest absolute Gasteiger partial charge is 0.370 e. The molecule has 5 rings (SSSR count). The maximum atomic E-state index is 14.0. The van der Waals surface area contributed by atoms with Gasteiger partial charge >= 0.3 is 0 Å². The molecule has 1 fully saturated rings. The summed E-state index contributed by atoms with van der Waals surface area (Å²) in [6.07, 6.45) is 0. The number of carbonyl (C=O) groups is 2. The van der Waals surface area contributed by atoms with Crippen LogP contribution in [-0.2, 0) is 12.1 Å². The Morgan fingerprint density at radius 2 is 1.50 bits per heavy atom.